The van der Waals surface area contributed by atoms with Crippen LogP contribution in [0.4, 0.5) is 0 Å². The molecule has 20 heavy (non-hydrogen) atoms. The van der Waals surface area contributed by atoms with E-state index in [2.05, 4.69) is 5.10 Å². The first-order chi connectivity index (χ1) is 9.60. The number of carbonyl (C=O) groups is 1. The Kier molecular flexibility index (Phi) is 4.08. The van der Waals surface area contributed by atoms with Crippen LogP contribution in [0.1, 0.15) is 28.5 Å². The summed E-state index contributed by atoms with van der Waals surface area (Å²) in [4.78, 5) is 12.7. The highest BCUT2D eigenvalue weighted by Gasteiger charge is 2.20. The third kappa shape index (κ3) is 2.52. The predicted octanol–water partition coefficient (Wildman–Crippen LogP) is 2.23. The molecule has 2 rings (SSSR count). The molecule has 0 N–H and O–H groups in total. The molecule has 1 aromatic carbocycles. The molecule has 0 spiro atoms. The van der Waals surface area contributed by atoms with Gasteiger partial charge in [-0.3, -0.25) is 9.48 Å². The Hall–Kier alpha value is -2.30. The predicted molar refractivity (Wildman–Crippen MR) is 75.6 cm³/mol. The fourth-order valence-electron chi connectivity index (χ4n) is 2.12. The second kappa shape index (κ2) is 5.77. The Balaban J connectivity index is 2.51. The van der Waals surface area contributed by atoms with Gasteiger partial charge in [0.2, 0.25) is 0 Å². The quantitative estimate of drug-likeness (QED) is 0.785. The summed E-state index contributed by atoms with van der Waals surface area (Å²) in [6, 6.07) is 5.18. The van der Waals surface area contributed by atoms with Gasteiger partial charge in [0.15, 0.2) is 5.78 Å². The molecule has 1 heterocycles. The van der Waals surface area contributed by atoms with Crippen LogP contribution in [0.2, 0.25) is 0 Å². The van der Waals surface area contributed by atoms with Gasteiger partial charge in [-0.2, -0.15) is 5.10 Å². The van der Waals surface area contributed by atoms with Crippen molar-refractivity contribution in [2.24, 2.45) is 7.05 Å². The number of aromatic nitrogens is 2. The van der Waals surface area contributed by atoms with Crippen molar-refractivity contribution in [3.05, 3.63) is 41.2 Å². The van der Waals surface area contributed by atoms with Gasteiger partial charge >= 0.3 is 0 Å². The number of nitrogens with zero attached hydrogens (tertiary/aromatic N) is 2. The number of carbonyl (C=O) groups excluding carboxylic acids is 1. The Morgan fingerprint density at radius 1 is 1.25 bits per heavy atom. The van der Waals surface area contributed by atoms with Gasteiger partial charge in [0.1, 0.15) is 11.5 Å². The Morgan fingerprint density at radius 3 is 2.60 bits per heavy atom. The number of ether oxygens (including phenoxy) is 2. The van der Waals surface area contributed by atoms with Crippen molar-refractivity contribution in [3.63, 3.8) is 0 Å². The molecule has 0 bridgehead atoms. The van der Waals surface area contributed by atoms with E-state index >= 15 is 0 Å². The molecule has 0 saturated carbocycles. The van der Waals surface area contributed by atoms with Crippen molar-refractivity contribution in [3.8, 4) is 11.5 Å². The second-order valence-electron chi connectivity index (χ2n) is 4.41. The van der Waals surface area contributed by atoms with Gasteiger partial charge in [0.25, 0.3) is 0 Å². The minimum Gasteiger partial charge on any atom is -0.497 e. The molecule has 0 unspecified atom stereocenters. The average Bonchev–Trinajstić information content (AvgIpc) is 2.86. The lowest BCUT2D eigenvalue weighted by Crippen LogP contribution is -2.06. The van der Waals surface area contributed by atoms with Crippen LogP contribution in [-0.4, -0.2) is 29.8 Å². The lowest BCUT2D eigenvalue weighted by Gasteiger charge is -2.09. The zero-order valence-corrected chi connectivity index (χ0v) is 12.1. The van der Waals surface area contributed by atoms with Crippen molar-refractivity contribution >= 4 is 5.78 Å². The Bertz CT molecular complexity index is 632. The summed E-state index contributed by atoms with van der Waals surface area (Å²) in [7, 11) is 4.92. The maximum absolute atomic E-state index is 12.7. The van der Waals surface area contributed by atoms with Crippen LogP contribution in [0.25, 0.3) is 0 Å². The fourth-order valence-corrected chi connectivity index (χ4v) is 2.12. The van der Waals surface area contributed by atoms with Gasteiger partial charge in [0, 0.05) is 13.2 Å². The maximum atomic E-state index is 12.7. The normalized spacial score (nSPS) is 10.4. The Labute approximate surface area is 118 Å². The van der Waals surface area contributed by atoms with E-state index in [0.29, 0.717) is 29.0 Å². The summed E-state index contributed by atoms with van der Waals surface area (Å²) >= 11 is 0. The van der Waals surface area contributed by atoms with Crippen LogP contribution >= 0.6 is 0 Å². The van der Waals surface area contributed by atoms with E-state index in [-0.39, 0.29) is 5.78 Å². The van der Waals surface area contributed by atoms with E-state index in [0.717, 1.165) is 5.69 Å². The molecule has 0 amide bonds. The first-order valence-electron chi connectivity index (χ1n) is 6.40. The van der Waals surface area contributed by atoms with Gasteiger partial charge in [-0.25, -0.2) is 0 Å². The number of hydrogen-bond acceptors (Lipinski definition) is 4. The van der Waals surface area contributed by atoms with Gasteiger partial charge in [-0.1, -0.05) is 6.92 Å². The van der Waals surface area contributed by atoms with E-state index < -0.39 is 0 Å². The van der Waals surface area contributed by atoms with Gasteiger partial charge in [0.05, 0.1) is 31.0 Å². The molecule has 2 aromatic rings. The highest BCUT2D eigenvalue weighted by atomic mass is 16.5. The van der Waals surface area contributed by atoms with Crippen molar-refractivity contribution in [1.82, 2.24) is 9.78 Å². The van der Waals surface area contributed by atoms with Crippen LogP contribution in [0.5, 0.6) is 11.5 Å². The summed E-state index contributed by atoms with van der Waals surface area (Å²) in [6.07, 6.45) is 2.44. The molecule has 106 valence electrons. The van der Waals surface area contributed by atoms with Crippen molar-refractivity contribution in [2.75, 3.05) is 14.2 Å². The number of aryl methyl sites for hydroxylation is 2. The highest BCUT2D eigenvalue weighted by molar-refractivity contribution is 6.11. The number of ketones is 1. The highest BCUT2D eigenvalue weighted by Crippen LogP contribution is 2.27. The molecule has 0 saturated heterocycles. The Morgan fingerprint density at radius 2 is 2.00 bits per heavy atom. The van der Waals surface area contributed by atoms with Gasteiger partial charge < -0.3 is 9.47 Å². The molecule has 0 aliphatic rings. The molecule has 0 aliphatic heterocycles. The van der Waals surface area contributed by atoms with Crippen LogP contribution in [0, 0.1) is 0 Å². The molecule has 0 radical (unpaired) electrons. The molecule has 5 nitrogen and oxygen atoms in total. The van der Waals surface area contributed by atoms with Crippen LogP contribution < -0.4 is 9.47 Å². The monoisotopic (exact) mass is 274 g/mol. The fraction of sp³-hybridized carbons (Fsp3) is 0.333. The van der Waals surface area contributed by atoms with Gasteiger partial charge in [-0.05, 0) is 24.6 Å². The SMILES string of the molecule is CCc1nn(C)cc1C(=O)c1cc(OC)ccc1OC. The topological polar surface area (TPSA) is 53.4 Å². The number of benzene rings is 1. The summed E-state index contributed by atoms with van der Waals surface area (Å²) in [5.74, 6) is 1.04. The van der Waals surface area contributed by atoms with Crippen molar-refractivity contribution in [2.45, 2.75) is 13.3 Å². The van der Waals surface area contributed by atoms with Gasteiger partial charge in [-0.15, -0.1) is 0 Å². The molecule has 5 heteroatoms. The lowest BCUT2D eigenvalue weighted by atomic mass is 10.0. The molecule has 0 aliphatic carbocycles. The van der Waals surface area contributed by atoms with Crippen LogP contribution in [-0.2, 0) is 13.5 Å². The van der Waals surface area contributed by atoms with E-state index in [1.807, 2.05) is 6.92 Å². The van der Waals surface area contributed by atoms with E-state index in [1.165, 1.54) is 0 Å². The second-order valence-corrected chi connectivity index (χ2v) is 4.41. The lowest BCUT2D eigenvalue weighted by molar-refractivity contribution is 0.103. The molecule has 0 fully saturated rings. The summed E-state index contributed by atoms with van der Waals surface area (Å²) < 4.78 is 12.1. The minimum absolute atomic E-state index is 0.106. The summed E-state index contributed by atoms with van der Waals surface area (Å²) in [5.41, 5.74) is 1.86. The smallest absolute Gasteiger partial charge is 0.200 e. The number of hydrogen-bond donors (Lipinski definition) is 0. The van der Waals surface area contributed by atoms with E-state index in [9.17, 15) is 4.79 Å². The largest absolute Gasteiger partial charge is 0.497 e. The molecular weight excluding hydrogens is 256 g/mol. The number of methoxy groups -OCH3 is 2. The maximum Gasteiger partial charge on any atom is 0.200 e. The van der Waals surface area contributed by atoms with Crippen LogP contribution in [0.3, 0.4) is 0 Å². The first kappa shape index (κ1) is 14.1. The minimum atomic E-state index is -0.106. The molecule has 0 atom stereocenters. The van der Waals surface area contributed by atoms with Crippen LogP contribution in [0.15, 0.2) is 24.4 Å². The summed E-state index contributed by atoms with van der Waals surface area (Å²) in [6.45, 7) is 1.97. The molecule has 1 aromatic heterocycles. The zero-order valence-electron chi connectivity index (χ0n) is 12.1. The third-order valence-electron chi connectivity index (χ3n) is 3.14. The standard InChI is InChI=1S/C15H18N2O3/c1-5-13-12(9-17(2)16-13)15(18)11-8-10(19-3)6-7-14(11)20-4/h6-9H,5H2,1-4H3. The average molecular weight is 274 g/mol. The number of rotatable bonds is 5. The third-order valence-corrected chi connectivity index (χ3v) is 3.14. The van der Waals surface area contributed by atoms with Crippen molar-refractivity contribution < 1.29 is 14.3 Å². The van der Waals surface area contributed by atoms with E-state index in [1.54, 1.807) is 50.3 Å². The first-order valence-corrected chi connectivity index (χ1v) is 6.40. The summed E-state index contributed by atoms with van der Waals surface area (Å²) in [5, 5.41) is 4.30. The molecular formula is C15H18N2O3. The van der Waals surface area contributed by atoms with Crippen molar-refractivity contribution in [1.29, 1.82) is 0 Å². The van der Waals surface area contributed by atoms with E-state index in [4.69, 9.17) is 9.47 Å². The zero-order chi connectivity index (χ0) is 14.7.